The number of benzene rings is 2. The summed E-state index contributed by atoms with van der Waals surface area (Å²) in [5, 5.41) is 0.555. The van der Waals surface area contributed by atoms with Crippen LogP contribution in [0.2, 0.25) is 5.02 Å². The van der Waals surface area contributed by atoms with Crippen LogP contribution in [0.15, 0.2) is 65.5 Å². The monoisotopic (exact) mass is 421 g/mol. The normalized spacial score (nSPS) is 11.4. The fourth-order valence-electron chi connectivity index (χ4n) is 3.13. The molecule has 2 aromatic heterocycles. The Hall–Kier alpha value is -3.35. The van der Waals surface area contributed by atoms with Crippen LogP contribution in [0.4, 0.5) is 4.39 Å². The highest BCUT2D eigenvalue weighted by Gasteiger charge is 2.14. The lowest BCUT2D eigenvalue weighted by Gasteiger charge is -2.13. The van der Waals surface area contributed by atoms with Crippen molar-refractivity contribution in [2.24, 2.45) is 0 Å². The van der Waals surface area contributed by atoms with Crippen LogP contribution in [0.3, 0.4) is 0 Å². The minimum absolute atomic E-state index is 0.173. The van der Waals surface area contributed by atoms with Crippen LogP contribution >= 0.6 is 11.6 Å². The Morgan fingerprint density at radius 2 is 1.90 bits per heavy atom. The van der Waals surface area contributed by atoms with Crippen molar-refractivity contribution in [3.8, 4) is 5.69 Å². The molecule has 0 N–H and O–H groups in total. The molecule has 0 unspecified atom stereocenters. The first-order valence-electron chi connectivity index (χ1n) is 9.17. The van der Waals surface area contributed by atoms with E-state index in [-0.39, 0.29) is 5.39 Å². The Morgan fingerprint density at radius 3 is 2.70 bits per heavy atom. The van der Waals surface area contributed by atoms with Gasteiger partial charge < -0.3 is 4.74 Å². The van der Waals surface area contributed by atoms with Gasteiger partial charge >= 0.3 is 0 Å². The van der Waals surface area contributed by atoms with Gasteiger partial charge in [0.1, 0.15) is 11.6 Å². The van der Waals surface area contributed by atoms with Crippen LogP contribution in [0.1, 0.15) is 17.2 Å². The molecule has 0 aliphatic heterocycles. The van der Waals surface area contributed by atoms with E-state index in [1.54, 1.807) is 43.5 Å². The summed E-state index contributed by atoms with van der Waals surface area (Å²) in [6.07, 6.45) is 3.44. The third-order valence-electron chi connectivity index (χ3n) is 4.47. The SMILES string of the molecule is COCc1cccc(/C=C/c2nc3ccc(F)cc3c(=O)n2-c2ccccc2Cl)n1. The largest absolute Gasteiger partial charge is 0.378 e. The predicted octanol–water partition coefficient (Wildman–Crippen LogP) is 4.89. The molecule has 0 spiro atoms. The van der Waals surface area contributed by atoms with Gasteiger partial charge in [0.2, 0.25) is 0 Å². The van der Waals surface area contributed by atoms with E-state index in [9.17, 15) is 9.18 Å². The highest BCUT2D eigenvalue weighted by Crippen LogP contribution is 2.22. The van der Waals surface area contributed by atoms with Crippen molar-refractivity contribution in [2.75, 3.05) is 7.11 Å². The number of pyridine rings is 1. The molecule has 0 aliphatic rings. The molecule has 30 heavy (non-hydrogen) atoms. The summed E-state index contributed by atoms with van der Waals surface area (Å²) in [4.78, 5) is 22.3. The molecule has 0 fully saturated rings. The van der Waals surface area contributed by atoms with Gasteiger partial charge in [-0.3, -0.25) is 14.3 Å². The van der Waals surface area contributed by atoms with Gasteiger partial charge in [0.25, 0.3) is 5.56 Å². The number of hydrogen-bond donors (Lipinski definition) is 0. The highest BCUT2D eigenvalue weighted by atomic mass is 35.5. The van der Waals surface area contributed by atoms with Gasteiger partial charge in [0.05, 0.1) is 39.6 Å². The number of ether oxygens (including phenoxy) is 1. The highest BCUT2D eigenvalue weighted by molar-refractivity contribution is 6.32. The van der Waals surface area contributed by atoms with Crippen LogP contribution in [-0.4, -0.2) is 21.6 Å². The van der Waals surface area contributed by atoms with Gasteiger partial charge in [0, 0.05) is 7.11 Å². The van der Waals surface area contributed by atoms with Crippen molar-refractivity contribution in [3.63, 3.8) is 0 Å². The zero-order chi connectivity index (χ0) is 21.1. The number of halogens is 2. The standard InChI is InChI=1S/C23H17ClFN3O2/c1-30-14-17-6-4-5-16(26-17)10-12-22-27-20-11-9-15(25)13-18(20)23(29)28(22)21-8-3-2-7-19(21)24/h2-13H,14H2,1H3/b12-10+. The number of aromatic nitrogens is 3. The topological polar surface area (TPSA) is 57.0 Å². The molecule has 0 radical (unpaired) electrons. The quantitative estimate of drug-likeness (QED) is 0.460. The van der Waals surface area contributed by atoms with Crippen molar-refractivity contribution in [1.29, 1.82) is 0 Å². The van der Waals surface area contributed by atoms with Crippen LogP contribution in [0, 0.1) is 5.82 Å². The summed E-state index contributed by atoms with van der Waals surface area (Å²) in [6.45, 7) is 0.395. The number of methoxy groups -OCH3 is 1. The maximum atomic E-state index is 13.8. The van der Waals surface area contributed by atoms with E-state index in [0.717, 1.165) is 5.69 Å². The summed E-state index contributed by atoms with van der Waals surface area (Å²) in [5.41, 5.74) is 1.91. The van der Waals surface area contributed by atoms with E-state index in [1.807, 2.05) is 18.2 Å². The molecular formula is C23H17ClFN3O2. The lowest BCUT2D eigenvalue weighted by Crippen LogP contribution is -2.22. The molecule has 0 aliphatic carbocycles. The number of hydrogen-bond acceptors (Lipinski definition) is 4. The van der Waals surface area contributed by atoms with E-state index in [1.165, 1.54) is 22.8 Å². The third kappa shape index (κ3) is 4.01. The molecule has 0 saturated heterocycles. The average molecular weight is 422 g/mol. The Balaban J connectivity index is 1.91. The molecule has 2 aromatic carbocycles. The Labute approximate surface area is 177 Å². The summed E-state index contributed by atoms with van der Waals surface area (Å²) in [7, 11) is 1.61. The van der Waals surface area contributed by atoms with E-state index < -0.39 is 11.4 Å². The molecule has 0 atom stereocenters. The van der Waals surface area contributed by atoms with Crippen LogP contribution < -0.4 is 5.56 Å². The lowest BCUT2D eigenvalue weighted by molar-refractivity contribution is 0.181. The van der Waals surface area contributed by atoms with E-state index >= 15 is 0 Å². The van der Waals surface area contributed by atoms with Crippen molar-refractivity contribution in [1.82, 2.24) is 14.5 Å². The van der Waals surface area contributed by atoms with Gasteiger partial charge in [-0.1, -0.05) is 29.8 Å². The Morgan fingerprint density at radius 1 is 1.07 bits per heavy atom. The molecule has 5 nitrogen and oxygen atoms in total. The van der Waals surface area contributed by atoms with Crippen LogP contribution in [-0.2, 0) is 11.3 Å². The van der Waals surface area contributed by atoms with Gasteiger partial charge in [-0.15, -0.1) is 0 Å². The third-order valence-corrected chi connectivity index (χ3v) is 4.79. The van der Waals surface area contributed by atoms with Crippen molar-refractivity contribution in [3.05, 3.63) is 99.1 Å². The first kappa shape index (κ1) is 19.9. The van der Waals surface area contributed by atoms with Crippen molar-refractivity contribution in [2.45, 2.75) is 6.61 Å². The molecule has 0 saturated carbocycles. The second-order valence-electron chi connectivity index (χ2n) is 6.54. The van der Waals surface area contributed by atoms with Gasteiger partial charge in [0.15, 0.2) is 0 Å². The summed E-state index contributed by atoms with van der Waals surface area (Å²) in [5.74, 6) is -0.152. The summed E-state index contributed by atoms with van der Waals surface area (Å²) in [6, 6.07) is 16.5. The molecule has 4 aromatic rings. The number of rotatable bonds is 5. The van der Waals surface area contributed by atoms with E-state index in [2.05, 4.69) is 9.97 Å². The summed E-state index contributed by atoms with van der Waals surface area (Å²) >= 11 is 6.35. The predicted molar refractivity (Wildman–Crippen MR) is 116 cm³/mol. The van der Waals surface area contributed by atoms with Crippen molar-refractivity contribution >= 4 is 34.7 Å². The molecular weight excluding hydrogens is 405 g/mol. The average Bonchev–Trinajstić information content (AvgIpc) is 2.74. The first-order chi connectivity index (χ1) is 14.6. The summed E-state index contributed by atoms with van der Waals surface area (Å²) < 4.78 is 20.3. The second-order valence-corrected chi connectivity index (χ2v) is 6.95. The number of nitrogens with zero attached hydrogens (tertiary/aromatic N) is 3. The molecule has 4 rings (SSSR count). The van der Waals surface area contributed by atoms with Crippen molar-refractivity contribution < 1.29 is 9.13 Å². The Bertz CT molecular complexity index is 1320. The van der Waals surface area contributed by atoms with Gasteiger partial charge in [-0.05, 0) is 54.6 Å². The fourth-order valence-corrected chi connectivity index (χ4v) is 3.35. The minimum atomic E-state index is -0.505. The molecule has 7 heteroatoms. The van der Waals surface area contributed by atoms with Crippen LogP contribution in [0.5, 0.6) is 0 Å². The number of para-hydroxylation sites is 1. The second kappa shape index (κ2) is 8.57. The minimum Gasteiger partial charge on any atom is -0.378 e. The van der Waals surface area contributed by atoms with Crippen LogP contribution in [0.25, 0.3) is 28.7 Å². The zero-order valence-corrected chi connectivity index (χ0v) is 16.8. The zero-order valence-electron chi connectivity index (χ0n) is 16.0. The number of fused-ring (bicyclic) bond motifs is 1. The lowest BCUT2D eigenvalue weighted by atomic mass is 10.2. The molecule has 0 amide bonds. The van der Waals surface area contributed by atoms with Gasteiger partial charge in [-0.25, -0.2) is 9.37 Å². The van der Waals surface area contributed by atoms with E-state index in [4.69, 9.17) is 16.3 Å². The molecule has 2 heterocycles. The Kier molecular flexibility index (Phi) is 5.70. The molecule has 0 bridgehead atoms. The first-order valence-corrected chi connectivity index (χ1v) is 9.55. The smallest absolute Gasteiger partial charge is 0.266 e. The molecule has 150 valence electrons. The maximum Gasteiger partial charge on any atom is 0.266 e. The maximum absolute atomic E-state index is 13.8. The van der Waals surface area contributed by atoms with Gasteiger partial charge in [-0.2, -0.15) is 0 Å². The fraction of sp³-hybridized carbons (Fsp3) is 0.0870. The van der Waals surface area contributed by atoms with E-state index in [0.29, 0.717) is 34.4 Å².